The zero-order chi connectivity index (χ0) is 13.7. The van der Waals surface area contributed by atoms with Crippen molar-refractivity contribution in [2.24, 2.45) is 4.99 Å². The Morgan fingerprint density at radius 1 is 1.26 bits per heavy atom. The topological polar surface area (TPSA) is 12.4 Å². The molecule has 19 heavy (non-hydrogen) atoms. The van der Waals surface area contributed by atoms with Crippen molar-refractivity contribution < 1.29 is 0 Å². The Balaban J connectivity index is 2.28. The van der Waals surface area contributed by atoms with Crippen LogP contribution in [-0.2, 0) is 0 Å². The van der Waals surface area contributed by atoms with Gasteiger partial charge >= 0.3 is 0 Å². The summed E-state index contributed by atoms with van der Waals surface area (Å²) in [7, 11) is 0. The summed E-state index contributed by atoms with van der Waals surface area (Å²) in [6, 6.07) is 8.65. The largest absolute Gasteiger partial charge is 0.289 e. The van der Waals surface area contributed by atoms with Gasteiger partial charge in [0.15, 0.2) is 0 Å². The van der Waals surface area contributed by atoms with Crippen molar-refractivity contribution in [2.45, 2.75) is 39.5 Å². The lowest BCUT2D eigenvalue weighted by atomic mass is 9.89. The van der Waals surface area contributed by atoms with E-state index in [1.54, 1.807) is 0 Å². The summed E-state index contributed by atoms with van der Waals surface area (Å²) in [5.74, 6) is 0.424. The van der Waals surface area contributed by atoms with Gasteiger partial charge in [-0.05, 0) is 31.4 Å². The molecule has 0 saturated carbocycles. The minimum Gasteiger partial charge on any atom is -0.289 e. The van der Waals surface area contributed by atoms with Gasteiger partial charge in [-0.1, -0.05) is 61.4 Å². The standard InChI is InChI=1S/C18H23N/c1-4-5-13-19-15(3)17-10-6-7-11-18(17)16-12-8-9-14(16)2/h6-12,16H,4-5,13H2,1-3H3. The second kappa shape index (κ2) is 6.51. The molecule has 1 nitrogen and oxygen atoms in total. The van der Waals surface area contributed by atoms with Crippen LogP contribution in [0.25, 0.3) is 0 Å². The molecular formula is C18H23N. The molecule has 1 atom stereocenters. The maximum absolute atomic E-state index is 4.71. The molecule has 0 fully saturated rings. The Kier molecular flexibility index (Phi) is 4.73. The maximum Gasteiger partial charge on any atom is 0.0392 e. The summed E-state index contributed by atoms with van der Waals surface area (Å²) >= 11 is 0. The predicted octanol–water partition coefficient (Wildman–Crippen LogP) is 4.90. The average Bonchev–Trinajstić information content (AvgIpc) is 2.85. The monoisotopic (exact) mass is 253 g/mol. The van der Waals surface area contributed by atoms with Crippen LogP contribution in [0.15, 0.2) is 53.1 Å². The third-order valence-corrected chi connectivity index (χ3v) is 3.70. The quantitative estimate of drug-likeness (QED) is 0.523. The zero-order valence-electron chi connectivity index (χ0n) is 12.2. The Morgan fingerprint density at radius 3 is 2.74 bits per heavy atom. The van der Waals surface area contributed by atoms with Crippen molar-refractivity contribution in [1.82, 2.24) is 0 Å². The van der Waals surface area contributed by atoms with E-state index in [0.717, 1.165) is 12.3 Å². The summed E-state index contributed by atoms with van der Waals surface area (Å²) < 4.78 is 0. The minimum absolute atomic E-state index is 0.424. The minimum atomic E-state index is 0.424. The molecule has 2 rings (SSSR count). The number of rotatable bonds is 5. The highest BCUT2D eigenvalue weighted by Crippen LogP contribution is 2.32. The lowest BCUT2D eigenvalue weighted by molar-refractivity contribution is 0.807. The molecule has 1 aliphatic rings. The number of allylic oxidation sites excluding steroid dienone is 4. The molecule has 0 spiro atoms. The molecule has 1 aliphatic carbocycles. The molecule has 1 aromatic rings. The predicted molar refractivity (Wildman–Crippen MR) is 84.1 cm³/mol. The van der Waals surface area contributed by atoms with Crippen LogP contribution in [0.2, 0.25) is 0 Å². The smallest absolute Gasteiger partial charge is 0.0392 e. The Hall–Kier alpha value is -1.63. The summed E-state index contributed by atoms with van der Waals surface area (Å²) in [5, 5.41) is 0. The highest BCUT2D eigenvalue weighted by molar-refractivity contribution is 6.00. The van der Waals surface area contributed by atoms with Crippen LogP contribution in [0.4, 0.5) is 0 Å². The highest BCUT2D eigenvalue weighted by Gasteiger charge is 2.17. The number of nitrogens with zero attached hydrogens (tertiary/aromatic N) is 1. The lowest BCUT2D eigenvalue weighted by Gasteiger charge is -2.16. The molecule has 0 saturated heterocycles. The molecule has 0 amide bonds. The van der Waals surface area contributed by atoms with E-state index in [9.17, 15) is 0 Å². The number of aliphatic imine (C=N–C) groups is 1. The normalized spacial score (nSPS) is 18.8. The fourth-order valence-corrected chi connectivity index (χ4v) is 2.51. The van der Waals surface area contributed by atoms with Crippen LogP contribution in [-0.4, -0.2) is 12.3 Å². The van der Waals surface area contributed by atoms with Crippen LogP contribution in [0, 0.1) is 0 Å². The van der Waals surface area contributed by atoms with E-state index in [1.165, 1.54) is 29.5 Å². The van der Waals surface area contributed by atoms with Crippen molar-refractivity contribution in [2.75, 3.05) is 6.54 Å². The summed E-state index contributed by atoms with van der Waals surface area (Å²) in [5.41, 5.74) is 5.25. The molecule has 0 aliphatic heterocycles. The van der Waals surface area contributed by atoms with Gasteiger partial charge in [0.2, 0.25) is 0 Å². The molecule has 1 unspecified atom stereocenters. The van der Waals surface area contributed by atoms with E-state index >= 15 is 0 Å². The van der Waals surface area contributed by atoms with Gasteiger partial charge in [-0.3, -0.25) is 4.99 Å². The first-order valence-corrected chi connectivity index (χ1v) is 7.19. The third kappa shape index (κ3) is 3.23. The zero-order valence-corrected chi connectivity index (χ0v) is 12.2. The Morgan fingerprint density at radius 2 is 2.05 bits per heavy atom. The van der Waals surface area contributed by atoms with Crippen LogP contribution >= 0.6 is 0 Å². The fraction of sp³-hybridized carbons (Fsp3) is 0.389. The first kappa shape index (κ1) is 13.8. The van der Waals surface area contributed by atoms with E-state index in [-0.39, 0.29) is 0 Å². The van der Waals surface area contributed by atoms with Gasteiger partial charge in [0, 0.05) is 18.2 Å². The van der Waals surface area contributed by atoms with Gasteiger partial charge in [-0.15, -0.1) is 0 Å². The molecule has 0 radical (unpaired) electrons. The molecule has 100 valence electrons. The van der Waals surface area contributed by atoms with Crippen LogP contribution in [0.1, 0.15) is 50.7 Å². The molecular weight excluding hydrogens is 230 g/mol. The second-order valence-electron chi connectivity index (χ2n) is 5.18. The van der Waals surface area contributed by atoms with Gasteiger partial charge in [-0.25, -0.2) is 0 Å². The second-order valence-corrected chi connectivity index (χ2v) is 5.18. The lowest BCUT2D eigenvalue weighted by Crippen LogP contribution is -2.05. The van der Waals surface area contributed by atoms with Gasteiger partial charge in [-0.2, -0.15) is 0 Å². The number of hydrogen-bond acceptors (Lipinski definition) is 1. The molecule has 0 heterocycles. The van der Waals surface area contributed by atoms with Gasteiger partial charge < -0.3 is 0 Å². The molecule has 0 N–H and O–H groups in total. The van der Waals surface area contributed by atoms with E-state index in [0.29, 0.717) is 5.92 Å². The average molecular weight is 253 g/mol. The summed E-state index contributed by atoms with van der Waals surface area (Å²) in [6.45, 7) is 7.47. The van der Waals surface area contributed by atoms with E-state index < -0.39 is 0 Å². The molecule has 0 bridgehead atoms. The number of benzene rings is 1. The number of hydrogen-bond donors (Lipinski definition) is 0. The maximum atomic E-state index is 4.71. The first-order chi connectivity index (χ1) is 9.24. The van der Waals surface area contributed by atoms with Gasteiger partial charge in [0.25, 0.3) is 0 Å². The first-order valence-electron chi connectivity index (χ1n) is 7.19. The third-order valence-electron chi connectivity index (χ3n) is 3.70. The highest BCUT2D eigenvalue weighted by atomic mass is 14.7. The van der Waals surface area contributed by atoms with Crippen LogP contribution in [0.3, 0.4) is 0 Å². The fourth-order valence-electron chi connectivity index (χ4n) is 2.51. The van der Waals surface area contributed by atoms with Crippen molar-refractivity contribution in [1.29, 1.82) is 0 Å². The van der Waals surface area contributed by atoms with Crippen molar-refractivity contribution in [3.63, 3.8) is 0 Å². The molecule has 0 aromatic heterocycles. The van der Waals surface area contributed by atoms with Crippen molar-refractivity contribution in [3.05, 3.63) is 59.2 Å². The number of unbranched alkanes of at least 4 members (excludes halogenated alkanes) is 1. The Labute approximate surface area is 116 Å². The van der Waals surface area contributed by atoms with E-state index in [1.807, 2.05) is 0 Å². The molecule has 1 aromatic carbocycles. The van der Waals surface area contributed by atoms with Crippen LogP contribution in [0.5, 0.6) is 0 Å². The SMILES string of the molecule is CCCCN=C(C)c1ccccc1C1C=CC=C1C. The van der Waals surface area contributed by atoms with Gasteiger partial charge in [0.1, 0.15) is 0 Å². The van der Waals surface area contributed by atoms with E-state index in [2.05, 4.69) is 63.3 Å². The summed E-state index contributed by atoms with van der Waals surface area (Å²) in [6.07, 6.45) is 8.99. The van der Waals surface area contributed by atoms with Crippen LogP contribution < -0.4 is 0 Å². The van der Waals surface area contributed by atoms with Crippen molar-refractivity contribution >= 4 is 5.71 Å². The van der Waals surface area contributed by atoms with Gasteiger partial charge in [0.05, 0.1) is 0 Å². The molecule has 1 heteroatoms. The van der Waals surface area contributed by atoms with E-state index in [4.69, 9.17) is 4.99 Å². The summed E-state index contributed by atoms with van der Waals surface area (Å²) in [4.78, 5) is 4.71. The Bertz CT molecular complexity index is 520. The van der Waals surface area contributed by atoms with Crippen molar-refractivity contribution in [3.8, 4) is 0 Å².